The lowest BCUT2D eigenvalue weighted by atomic mass is 10.0. The van der Waals surface area contributed by atoms with Crippen molar-refractivity contribution in [3.63, 3.8) is 0 Å². The van der Waals surface area contributed by atoms with Crippen LogP contribution in [-0.4, -0.2) is 43.7 Å². The summed E-state index contributed by atoms with van der Waals surface area (Å²) in [6, 6.07) is 9.73. The third kappa shape index (κ3) is 4.22. The third-order valence-corrected chi connectivity index (χ3v) is 4.24. The van der Waals surface area contributed by atoms with Gasteiger partial charge in [-0.05, 0) is 37.5 Å². The molecule has 0 saturated carbocycles. The van der Waals surface area contributed by atoms with Crippen LogP contribution in [0.4, 0.5) is 0 Å². The van der Waals surface area contributed by atoms with Crippen LogP contribution in [0.3, 0.4) is 0 Å². The van der Waals surface area contributed by atoms with Crippen molar-refractivity contribution in [2.75, 3.05) is 26.7 Å². The number of rotatable bonds is 6. The van der Waals surface area contributed by atoms with E-state index in [9.17, 15) is 0 Å². The van der Waals surface area contributed by atoms with Gasteiger partial charge in [0.2, 0.25) is 0 Å². The Balaban J connectivity index is 1.87. The summed E-state index contributed by atoms with van der Waals surface area (Å²) in [5.74, 6) is 0.958. The van der Waals surface area contributed by atoms with Gasteiger partial charge in [-0.25, -0.2) is 0 Å². The Morgan fingerprint density at radius 3 is 3.00 bits per heavy atom. The molecule has 1 fully saturated rings. The Morgan fingerprint density at radius 2 is 2.25 bits per heavy atom. The van der Waals surface area contributed by atoms with Gasteiger partial charge in [0.25, 0.3) is 0 Å². The highest BCUT2D eigenvalue weighted by Gasteiger charge is 2.23. The second-order valence-electron chi connectivity index (χ2n) is 5.84. The SMILES string of the molecule is CCCC1CN(CCc2cccc(OC)c2)C(C)CN1. The van der Waals surface area contributed by atoms with E-state index in [1.807, 2.05) is 6.07 Å². The van der Waals surface area contributed by atoms with Crippen molar-refractivity contribution in [1.82, 2.24) is 10.2 Å². The fraction of sp³-hybridized carbons (Fsp3) is 0.647. The summed E-state index contributed by atoms with van der Waals surface area (Å²) in [5, 5.41) is 3.65. The zero-order valence-corrected chi connectivity index (χ0v) is 13.1. The Morgan fingerprint density at radius 1 is 1.40 bits per heavy atom. The highest BCUT2D eigenvalue weighted by atomic mass is 16.5. The van der Waals surface area contributed by atoms with Crippen molar-refractivity contribution < 1.29 is 4.74 Å². The van der Waals surface area contributed by atoms with Crippen LogP contribution in [0.5, 0.6) is 5.75 Å². The minimum Gasteiger partial charge on any atom is -0.497 e. The number of nitrogens with one attached hydrogen (secondary N) is 1. The molecule has 1 heterocycles. The van der Waals surface area contributed by atoms with Crippen molar-refractivity contribution in [2.45, 2.75) is 45.2 Å². The lowest BCUT2D eigenvalue weighted by molar-refractivity contribution is 0.138. The van der Waals surface area contributed by atoms with E-state index in [0.717, 1.165) is 25.3 Å². The number of piperazine rings is 1. The molecule has 3 nitrogen and oxygen atoms in total. The van der Waals surface area contributed by atoms with Crippen molar-refractivity contribution in [3.8, 4) is 5.75 Å². The van der Waals surface area contributed by atoms with Crippen molar-refractivity contribution in [2.24, 2.45) is 0 Å². The van der Waals surface area contributed by atoms with E-state index in [-0.39, 0.29) is 0 Å². The Labute approximate surface area is 123 Å². The van der Waals surface area contributed by atoms with Gasteiger partial charge in [0.05, 0.1) is 7.11 Å². The number of ether oxygens (including phenoxy) is 1. The average molecular weight is 276 g/mol. The molecule has 2 rings (SSSR count). The van der Waals surface area contributed by atoms with Crippen LogP contribution in [0.1, 0.15) is 32.3 Å². The molecule has 1 N–H and O–H groups in total. The van der Waals surface area contributed by atoms with Gasteiger partial charge in [-0.2, -0.15) is 0 Å². The quantitative estimate of drug-likeness (QED) is 0.864. The van der Waals surface area contributed by atoms with Crippen LogP contribution in [0.15, 0.2) is 24.3 Å². The van der Waals surface area contributed by atoms with Crippen LogP contribution in [0.2, 0.25) is 0 Å². The first-order valence-corrected chi connectivity index (χ1v) is 7.83. The van der Waals surface area contributed by atoms with Gasteiger partial charge in [0.15, 0.2) is 0 Å². The second-order valence-corrected chi connectivity index (χ2v) is 5.84. The largest absolute Gasteiger partial charge is 0.497 e. The van der Waals surface area contributed by atoms with Crippen LogP contribution in [0, 0.1) is 0 Å². The lowest BCUT2D eigenvalue weighted by Crippen LogP contribution is -2.55. The number of benzene rings is 1. The van der Waals surface area contributed by atoms with Gasteiger partial charge in [-0.3, -0.25) is 4.90 Å². The van der Waals surface area contributed by atoms with Gasteiger partial charge < -0.3 is 10.1 Å². The first-order valence-electron chi connectivity index (χ1n) is 7.83. The van der Waals surface area contributed by atoms with Crippen molar-refractivity contribution >= 4 is 0 Å². The summed E-state index contributed by atoms with van der Waals surface area (Å²) in [4.78, 5) is 2.62. The van der Waals surface area contributed by atoms with Crippen LogP contribution in [-0.2, 0) is 6.42 Å². The number of methoxy groups -OCH3 is 1. The fourth-order valence-corrected chi connectivity index (χ4v) is 2.95. The molecular formula is C17H28N2O. The van der Waals surface area contributed by atoms with Gasteiger partial charge in [0.1, 0.15) is 5.75 Å². The molecule has 1 saturated heterocycles. The summed E-state index contributed by atoms with van der Waals surface area (Å²) in [6.45, 7) is 8.01. The topological polar surface area (TPSA) is 24.5 Å². The summed E-state index contributed by atoms with van der Waals surface area (Å²) in [7, 11) is 1.73. The first kappa shape index (κ1) is 15.3. The van der Waals surface area contributed by atoms with Gasteiger partial charge in [0, 0.05) is 31.7 Å². The molecule has 0 spiro atoms. The molecule has 2 atom stereocenters. The maximum atomic E-state index is 5.29. The number of hydrogen-bond acceptors (Lipinski definition) is 3. The molecule has 0 bridgehead atoms. The lowest BCUT2D eigenvalue weighted by Gasteiger charge is -2.39. The normalized spacial score (nSPS) is 23.8. The smallest absolute Gasteiger partial charge is 0.119 e. The summed E-state index contributed by atoms with van der Waals surface area (Å²) >= 11 is 0. The zero-order chi connectivity index (χ0) is 14.4. The Bertz CT molecular complexity index is 408. The van der Waals surface area contributed by atoms with E-state index in [1.54, 1.807) is 7.11 Å². The van der Waals surface area contributed by atoms with Crippen LogP contribution in [0.25, 0.3) is 0 Å². The van der Waals surface area contributed by atoms with E-state index in [2.05, 4.69) is 42.3 Å². The molecule has 112 valence electrons. The van der Waals surface area contributed by atoms with E-state index < -0.39 is 0 Å². The zero-order valence-electron chi connectivity index (χ0n) is 13.1. The van der Waals surface area contributed by atoms with Gasteiger partial charge in [-0.15, -0.1) is 0 Å². The minimum atomic E-state index is 0.633. The van der Waals surface area contributed by atoms with E-state index in [0.29, 0.717) is 12.1 Å². The number of nitrogens with zero attached hydrogens (tertiary/aromatic N) is 1. The van der Waals surface area contributed by atoms with Crippen molar-refractivity contribution in [1.29, 1.82) is 0 Å². The molecule has 2 unspecified atom stereocenters. The second kappa shape index (κ2) is 7.65. The molecule has 0 amide bonds. The summed E-state index contributed by atoms with van der Waals surface area (Å²) in [5.41, 5.74) is 1.36. The third-order valence-electron chi connectivity index (χ3n) is 4.24. The Kier molecular flexibility index (Phi) is 5.86. The molecule has 1 aromatic carbocycles. The average Bonchev–Trinajstić information content (AvgIpc) is 2.48. The monoisotopic (exact) mass is 276 g/mol. The maximum Gasteiger partial charge on any atom is 0.119 e. The standard InChI is InChI=1S/C17H28N2O/c1-4-6-16-13-19(14(2)12-18-16)10-9-15-7-5-8-17(11-15)20-3/h5,7-8,11,14,16,18H,4,6,9-10,12-13H2,1-3H3. The summed E-state index contributed by atoms with van der Waals surface area (Å²) < 4.78 is 5.29. The first-order chi connectivity index (χ1) is 9.72. The van der Waals surface area contributed by atoms with Crippen molar-refractivity contribution in [3.05, 3.63) is 29.8 Å². The van der Waals surface area contributed by atoms with E-state index in [1.165, 1.54) is 24.9 Å². The van der Waals surface area contributed by atoms with E-state index in [4.69, 9.17) is 4.74 Å². The fourth-order valence-electron chi connectivity index (χ4n) is 2.95. The minimum absolute atomic E-state index is 0.633. The molecule has 0 aromatic heterocycles. The molecular weight excluding hydrogens is 248 g/mol. The summed E-state index contributed by atoms with van der Waals surface area (Å²) in [6.07, 6.45) is 3.64. The molecule has 0 aliphatic carbocycles. The molecule has 1 aliphatic rings. The predicted octanol–water partition coefficient (Wildman–Crippen LogP) is 2.70. The molecule has 20 heavy (non-hydrogen) atoms. The number of hydrogen-bond donors (Lipinski definition) is 1. The molecule has 0 radical (unpaired) electrons. The van der Waals surface area contributed by atoms with Crippen LogP contribution < -0.4 is 10.1 Å². The highest BCUT2D eigenvalue weighted by molar-refractivity contribution is 5.28. The Hall–Kier alpha value is -1.06. The molecule has 1 aromatic rings. The van der Waals surface area contributed by atoms with Gasteiger partial charge >= 0.3 is 0 Å². The van der Waals surface area contributed by atoms with Crippen LogP contribution >= 0.6 is 0 Å². The maximum absolute atomic E-state index is 5.29. The molecule has 1 aliphatic heterocycles. The predicted molar refractivity (Wildman–Crippen MR) is 84.4 cm³/mol. The van der Waals surface area contributed by atoms with Gasteiger partial charge in [-0.1, -0.05) is 25.5 Å². The highest BCUT2D eigenvalue weighted by Crippen LogP contribution is 2.15. The molecule has 3 heteroatoms. The van der Waals surface area contributed by atoms with E-state index >= 15 is 0 Å².